The van der Waals surface area contributed by atoms with E-state index in [1.165, 1.54) is 6.42 Å². The quantitative estimate of drug-likeness (QED) is 0.791. The number of ketones is 1. The summed E-state index contributed by atoms with van der Waals surface area (Å²) in [5.41, 5.74) is 2.21. The third kappa shape index (κ3) is 3.00. The molecule has 1 aromatic carbocycles. The summed E-state index contributed by atoms with van der Waals surface area (Å²) in [7, 11) is 4.18. The molecule has 1 aliphatic rings. The molecule has 1 fully saturated rings. The highest BCUT2D eigenvalue weighted by Crippen LogP contribution is 2.26. The minimum atomic E-state index is 0.0388. The van der Waals surface area contributed by atoms with Crippen molar-refractivity contribution in [3.8, 4) is 6.07 Å². The summed E-state index contributed by atoms with van der Waals surface area (Å²) >= 11 is 0. The lowest BCUT2D eigenvalue weighted by molar-refractivity contribution is 0.101. The Kier molecular flexibility index (Phi) is 4.41. The molecule has 1 aliphatic heterocycles. The fourth-order valence-corrected chi connectivity index (χ4v) is 2.70. The van der Waals surface area contributed by atoms with Crippen LogP contribution in [0.5, 0.6) is 0 Å². The Balaban J connectivity index is 2.33. The van der Waals surface area contributed by atoms with E-state index in [0.29, 0.717) is 17.2 Å². The van der Waals surface area contributed by atoms with E-state index < -0.39 is 0 Å². The maximum Gasteiger partial charge on any atom is 0.159 e. The average Bonchev–Trinajstić information content (AvgIpc) is 2.46. The topological polar surface area (TPSA) is 47.3 Å². The van der Waals surface area contributed by atoms with Gasteiger partial charge in [0.2, 0.25) is 0 Å². The number of nitriles is 1. The van der Waals surface area contributed by atoms with Gasteiger partial charge in [0.05, 0.1) is 11.3 Å². The van der Waals surface area contributed by atoms with E-state index in [1.54, 1.807) is 19.1 Å². The highest BCUT2D eigenvalue weighted by molar-refractivity contribution is 5.95. The van der Waals surface area contributed by atoms with E-state index in [2.05, 4.69) is 30.0 Å². The zero-order valence-corrected chi connectivity index (χ0v) is 12.4. The van der Waals surface area contributed by atoms with Gasteiger partial charge in [-0.25, -0.2) is 0 Å². The lowest BCUT2D eigenvalue weighted by Crippen LogP contribution is -2.45. The second-order valence-corrected chi connectivity index (χ2v) is 5.61. The van der Waals surface area contributed by atoms with Gasteiger partial charge in [0, 0.05) is 24.7 Å². The van der Waals surface area contributed by atoms with Gasteiger partial charge < -0.3 is 9.80 Å². The van der Waals surface area contributed by atoms with Crippen LogP contribution in [0.4, 0.5) is 5.69 Å². The minimum absolute atomic E-state index is 0.0388. The first kappa shape index (κ1) is 14.5. The average molecular weight is 271 g/mol. The van der Waals surface area contributed by atoms with Gasteiger partial charge in [-0.2, -0.15) is 5.26 Å². The Morgan fingerprint density at radius 2 is 2.20 bits per heavy atom. The summed E-state index contributed by atoms with van der Waals surface area (Å²) in [5, 5.41) is 9.28. The first-order valence-electron chi connectivity index (χ1n) is 6.99. The van der Waals surface area contributed by atoms with E-state index >= 15 is 0 Å². The fraction of sp³-hybridized carbons (Fsp3) is 0.500. The molecule has 1 heterocycles. The van der Waals surface area contributed by atoms with Crippen molar-refractivity contribution in [1.82, 2.24) is 4.90 Å². The van der Waals surface area contributed by atoms with Gasteiger partial charge in [-0.3, -0.25) is 4.79 Å². The number of carbonyl (C=O) groups excluding carboxylic acids is 1. The molecule has 0 saturated carbocycles. The second-order valence-electron chi connectivity index (χ2n) is 5.61. The van der Waals surface area contributed by atoms with Crippen molar-refractivity contribution in [3.05, 3.63) is 29.3 Å². The van der Waals surface area contributed by atoms with E-state index in [9.17, 15) is 10.1 Å². The van der Waals surface area contributed by atoms with Gasteiger partial charge in [0.25, 0.3) is 0 Å². The Bertz CT molecular complexity index is 545. The molecule has 0 N–H and O–H groups in total. The molecule has 1 unspecified atom stereocenters. The minimum Gasteiger partial charge on any atom is -0.369 e. The van der Waals surface area contributed by atoms with Crippen LogP contribution in [0.1, 0.15) is 35.7 Å². The number of carbonyl (C=O) groups is 1. The number of Topliss-reactive ketones (excluding diaryl/α,β-unsaturated/α-hetero) is 1. The van der Waals surface area contributed by atoms with Crippen LogP contribution in [0.3, 0.4) is 0 Å². The van der Waals surface area contributed by atoms with Gasteiger partial charge in [0.1, 0.15) is 6.07 Å². The SMILES string of the molecule is CC(=O)c1ccc(C#N)c(N2CCCC(N(C)C)C2)c1. The highest BCUT2D eigenvalue weighted by atomic mass is 16.1. The van der Waals surface area contributed by atoms with E-state index in [4.69, 9.17) is 0 Å². The van der Waals surface area contributed by atoms with Crippen LogP contribution < -0.4 is 4.90 Å². The normalized spacial score (nSPS) is 18.9. The number of anilines is 1. The smallest absolute Gasteiger partial charge is 0.159 e. The second kappa shape index (κ2) is 6.06. The lowest BCUT2D eigenvalue weighted by atomic mass is 10.0. The van der Waals surface area contributed by atoms with Gasteiger partial charge in [-0.15, -0.1) is 0 Å². The molecule has 0 amide bonds. The summed E-state index contributed by atoms with van der Waals surface area (Å²) in [6.45, 7) is 3.41. The lowest BCUT2D eigenvalue weighted by Gasteiger charge is -2.38. The number of benzene rings is 1. The summed E-state index contributed by atoms with van der Waals surface area (Å²) in [6, 6.07) is 8.08. The number of rotatable bonds is 3. The largest absolute Gasteiger partial charge is 0.369 e. The number of likely N-dealkylation sites (N-methyl/N-ethyl adjacent to an activating group) is 1. The van der Waals surface area contributed by atoms with Crippen LogP contribution in [0, 0.1) is 11.3 Å². The molecule has 106 valence electrons. The van der Waals surface area contributed by atoms with Crippen LogP contribution >= 0.6 is 0 Å². The zero-order valence-electron chi connectivity index (χ0n) is 12.4. The van der Waals surface area contributed by atoms with Crippen molar-refractivity contribution in [2.75, 3.05) is 32.1 Å². The maximum absolute atomic E-state index is 11.5. The molecule has 0 aromatic heterocycles. The van der Waals surface area contributed by atoms with Gasteiger partial charge >= 0.3 is 0 Å². The predicted octanol–water partition coefficient (Wildman–Crippen LogP) is 2.29. The van der Waals surface area contributed by atoms with Crippen LogP contribution in [0.25, 0.3) is 0 Å². The van der Waals surface area contributed by atoms with Crippen molar-refractivity contribution < 1.29 is 4.79 Å². The molecule has 1 aromatic rings. The molecule has 0 spiro atoms. The van der Waals surface area contributed by atoms with Crippen LogP contribution in [0.2, 0.25) is 0 Å². The third-order valence-electron chi connectivity index (χ3n) is 3.99. The van der Waals surface area contributed by atoms with Crippen molar-refractivity contribution in [2.45, 2.75) is 25.8 Å². The monoisotopic (exact) mass is 271 g/mol. The Morgan fingerprint density at radius 3 is 2.80 bits per heavy atom. The first-order chi connectivity index (χ1) is 9.52. The number of hydrogen-bond donors (Lipinski definition) is 0. The molecule has 20 heavy (non-hydrogen) atoms. The number of piperidine rings is 1. The molecule has 1 saturated heterocycles. The molecule has 4 nitrogen and oxygen atoms in total. The number of nitrogens with zero attached hydrogens (tertiary/aromatic N) is 3. The summed E-state index contributed by atoms with van der Waals surface area (Å²) in [4.78, 5) is 16.0. The fourth-order valence-electron chi connectivity index (χ4n) is 2.70. The molecule has 4 heteroatoms. The molecular formula is C16H21N3O. The Labute approximate surface area is 120 Å². The van der Waals surface area contributed by atoms with Crippen LogP contribution in [0.15, 0.2) is 18.2 Å². The van der Waals surface area contributed by atoms with E-state index in [0.717, 1.165) is 25.2 Å². The summed E-state index contributed by atoms with van der Waals surface area (Å²) in [5.74, 6) is 0.0388. The van der Waals surface area contributed by atoms with Crippen molar-refractivity contribution >= 4 is 11.5 Å². The molecule has 2 rings (SSSR count). The first-order valence-corrected chi connectivity index (χ1v) is 6.99. The maximum atomic E-state index is 11.5. The van der Waals surface area contributed by atoms with E-state index in [1.807, 2.05) is 6.07 Å². The van der Waals surface area contributed by atoms with Gasteiger partial charge in [-0.05, 0) is 52.1 Å². The van der Waals surface area contributed by atoms with Crippen molar-refractivity contribution in [3.63, 3.8) is 0 Å². The van der Waals surface area contributed by atoms with E-state index in [-0.39, 0.29) is 5.78 Å². The summed E-state index contributed by atoms with van der Waals surface area (Å²) < 4.78 is 0. The van der Waals surface area contributed by atoms with Gasteiger partial charge in [0.15, 0.2) is 5.78 Å². The Morgan fingerprint density at radius 1 is 1.45 bits per heavy atom. The molecular weight excluding hydrogens is 250 g/mol. The summed E-state index contributed by atoms with van der Waals surface area (Å²) in [6.07, 6.45) is 2.29. The Hall–Kier alpha value is -1.86. The third-order valence-corrected chi connectivity index (χ3v) is 3.99. The molecule has 0 radical (unpaired) electrons. The van der Waals surface area contributed by atoms with Gasteiger partial charge in [-0.1, -0.05) is 0 Å². The number of hydrogen-bond acceptors (Lipinski definition) is 4. The zero-order chi connectivity index (χ0) is 14.7. The van der Waals surface area contributed by atoms with Crippen LogP contribution in [-0.2, 0) is 0 Å². The molecule has 0 aliphatic carbocycles. The standard InChI is InChI=1S/C16H21N3O/c1-12(20)13-6-7-14(10-17)16(9-13)19-8-4-5-15(11-19)18(2)3/h6-7,9,15H,4-5,8,11H2,1-3H3. The predicted molar refractivity (Wildman–Crippen MR) is 80.1 cm³/mol. The molecule has 1 atom stereocenters. The molecule has 0 bridgehead atoms. The van der Waals surface area contributed by atoms with Crippen LogP contribution in [-0.4, -0.2) is 43.9 Å². The highest BCUT2D eigenvalue weighted by Gasteiger charge is 2.23. The van der Waals surface area contributed by atoms with Crippen molar-refractivity contribution in [1.29, 1.82) is 5.26 Å². The van der Waals surface area contributed by atoms with Crippen molar-refractivity contribution in [2.24, 2.45) is 0 Å².